The molecule has 0 aliphatic carbocycles. The lowest BCUT2D eigenvalue weighted by atomic mass is 10.1. The molecule has 16 heavy (non-hydrogen) atoms. The standard InChI is InChI=1S/C14H26O2/c1-4-7-8-9-10-11-12-16-14(15)13(5-2)6-3/h5H,4,6-12H2,1-3H3. The number of esters is 1. The molecule has 0 aromatic rings. The van der Waals surface area contributed by atoms with Crippen molar-refractivity contribution in [2.24, 2.45) is 0 Å². The van der Waals surface area contributed by atoms with E-state index in [-0.39, 0.29) is 5.97 Å². The van der Waals surface area contributed by atoms with Crippen LogP contribution < -0.4 is 0 Å². The molecule has 0 unspecified atom stereocenters. The van der Waals surface area contributed by atoms with Crippen LogP contribution in [0.25, 0.3) is 0 Å². The first-order chi connectivity index (χ1) is 7.76. The number of carbonyl (C=O) groups is 1. The number of allylic oxidation sites excluding steroid dienone is 1. The molecule has 0 spiro atoms. The van der Waals surface area contributed by atoms with Gasteiger partial charge in [-0.3, -0.25) is 0 Å². The number of carbonyl (C=O) groups excluding carboxylic acids is 1. The Hall–Kier alpha value is -0.790. The second-order valence-electron chi connectivity index (χ2n) is 4.07. The van der Waals surface area contributed by atoms with Gasteiger partial charge in [-0.05, 0) is 19.8 Å². The maximum atomic E-state index is 11.4. The van der Waals surface area contributed by atoms with Crippen LogP contribution in [0, 0.1) is 0 Å². The summed E-state index contributed by atoms with van der Waals surface area (Å²) in [5, 5.41) is 0. The van der Waals surface area contributed by atoms with Gasteiger partial charge in [-0.15, -0.1) is 0 Å². The summed E-state index contributed by atoms with van der Waals surface area (Å²) in [6, 6.07) is 0. The van der Waals surface area contributed by atoms with Gasteiger partial charge in [-0.1, -0.05) is 52.0 Å². The maximum Gasteiger partial charge on any atom is 0.333 e. The molecule has 0 radical (unpaired) electrons. The molecule has 0 heterocycles. The number of ether oxygens (including phenoxy) is 1. The third kappa shape index (κ3) is 7.49. The second kappa shape index (κ2) is 10.7. The van der Waals surface area contributed by atoms with Gasteiger partial charge >= 0.3 is 5.97 Å². The lowest BCUT2D eigenvalue weighted by Crippen LogP contribution is -2.08. The highest BCUT2D eigenvalue weighted by Crippen LogP contribution is 2.07. The van der Waals surface area contributed by atoms with Crippen LogP contribution in [0.1, 0.15) is 65.7 Å². The minimum atomic E-state index is -0.140. The van der Waals surface area contributed by atoms with Crippen LogP contribution in [-0.2, 0) is 9.53 Å². The lowest BCUT2D eigenvalue weighted by molar-refractivity contribution is -0.139. The zero-order valence-electron chi connectivity index (χ0n) is 11.1. The SMILES string of the molecule is CC=C(CC)C(=O)OCCCCCCCC. The van der Waals surface area contributed by atoms with Gasteiger partial charge in [-0.2, -0.15) is 0 Å². The van der Waals surface area contributed by atoms with Gasteiger partial charge < -0.3 is 4.74 Å². The average molecular weight is 226 g/mol. The normalized spacial score (nSPS) is 11.6. The van der Waals surface area contributed by atoms with E-state index < -0.39 is 0 Å². The second-order valence-corrected chi connectivity index (χ2v) is 4.07. The van der Waals surface area contributed by atoms with E-state index in [9.17, 15) is 4.79 Å². The van der Waals surface area contributed by atoms with Crippen molar-refractivity contribution < 1.29 is 9.53 Å². The molecule has 0 N–H and O–H groups in total. The molecule has 2 heteroatoms. The van der Waals surface area contributed by atoms with E-state index in [4.69, 9.17) is 4.74 Å². The first kappa shape index (κ1) is 15.2. The van der Waals surface area contributed by atoms with E-state index in [0.717, 1.165) is 18.4 Å². The Balaban J connectivity index is 3.41. The molecule has 0 amide bonds. The van der Waals surface area contributed by atoms with E-state index in [1.807, 2.05) is 19.9 Å². The van der Waals surface area contributed by atoms with Crippen molar-refractivity contribution in [3.05, 3.63) is 11.6 Å². The minimum absolute atomic E-state index is 0.140. The van der Waals surface area contributed by atoms with Gasteiger partial charge in [0.25, 0.3) is 0 Å². The number of hydrogen-bond acceptors (Lipinski definition) is 2. The Morgan fingerprint density at radius 3 is 2.25 bits per heavy atom. The molecule has 0 fully saturated rings. The van der Waals surface area contributed by atoms with E-state index in [0.29, 0.717) is 6.61 Å². The monoisotopic (exact) mass is 226 g/mol. The van der Waals surface area contributed by atoms with Crippen LogP contribution >= 0.6 is 0 Å². The van der Waals surface area contributed by atoms with Crippen molar-refractivity contribution >= 4 is 5.97 Å². The van der Waals surface area contributed by atoms with Crippen molar-refractivity contribution in [1.29, 1.82) is 0 Å². The summed E-state index contributed by atoms with van der Waals surface area (Å²) < 4.78 is 5.19. The van der Waals surface area contributed by atoms with E-state index in [1.165, 1.54) is 32.1 Å². The van der Waals surface area contributed by atoms with Crippen LogP contribution in [-0.4, -0.2) is 12.6 Å². The van der Waals surface area contributed by atoms with Gasteiger partial charge in [0, 0.05) is 5.57 Å². The van der Waals surface area contributed by atoms with Gasteiger partial charge in [0.1, 0.15) is 0 Å². The predicted octanol–water partition coefficient (Wildman–Crippen LogP) is 4.25. The molecule has 0 aliphatic heterocycles. The molecule has 0 aliphatic rings. The van der Waals surface area contributed by atoms with Crippen molar-refractivity contribution in [2.75, 3.05) is 6.61 Å². The molecule has 2 nitrogen and oxygen atoms in total. The Labute approximate surface area is 100 Å². The first-order valence-electron chi connectivity index (χ1n) is 6.58. The number of rotatable bonds is 9. The van der Waals surface area contributed by atoms with Crippen LogP contribution in [0.4, 0.5) is 0 Å². The average Bonchev–Trinajstić information content (AvgIpc) is 2.29. The van der Waals surface area contributed by atoms with Crippen LogP contribution in [0.5, 0.6) is 0 Å². The topological polar surface area (TPSA) is 26.3 Å². The summed E-state index contributed by atoms with van der Waals surface area (Å²) in [5.41, 5.74) is 0.783. The molecule has 0 rings (SSSR count). The summed E-state index contributed by atoms with van der Waals surface area (Å²) >= 11 is 0. The Morgan fingerprint density at radius 1 is 1.06 bits per heavy atom. The van der Waals surface area contributed by atoms with Crippen LogP contribution in [0.3, 0.4) is 0 Å². The van der Waals surface area contributed by atoms with Gasteiger partial charge in [-0.25, -0.2) is 4.79 Å². The van der Waals surface area contributed by atoms with Crippen molar-refractivity contribution in [3.63, 3.8) is 0 Å². The summed E-state index contributed by atoms with van der Waals surface area (Å²) in [6.07, 6.45) is 9.92. The fourth-order valence-electron chi connectivity index (χ4n) is 1.61. The van der Waals surface area contributed by atoms with Crippen molar-refractivity contribution in [2.45, 2.75) is 65.7 Å². The Bertz CT molecular complexity index is 207. The summed E-state index contributed by atoms with van der Waals surface area (Å²) in [4.78, 5) is 11.4. The van der Waals surface area contributed by atoms with E-state index in [2.05, 4.69) is 6.92 Å². The van der Waals surface area contributed by atoms with Crippen LogP contribution in [0.2, 0.25) is 0 Å². The molecule has 0 atom stereocenters. The highest BCUT2D eigenvalue weighted by Gasteiger charge is 2.06. The summed E-state index contributed by atoms with van der Waals surface area (Å²) in [7, 11) is 0. The van der Waals surface area contributed by atoms with E-state index in [1.54, 1.807) is 0 Å². The number of hydrogen-bond donors (Lipinski definition) is 0. The van der Waals surface area contributed by atoms with Gasteiger partial charge in [0.2, 0.25) is 0 Å². The largest absolute Gasteiger partial charge is 0.462 e. The molecular weight excluding hydrogens is 200 g/mol. The minimum Gasteiger partial charge on any atom is -0.462 e. The van der Waals surface area contributed by atoms with Crippen molar-refractivity contribution in [1.82, 2.24) is 0 Å². The quantitative estimate of drug-likeness (QED) is 0.334. The molecule has 0 aromatic heterocycles. The third-order valence-corrected chi connectivity index (χ3v) is 2.72. The summed E-state index contributed by atoms with van der Waals surface area (Å²) in [6.45, 7) is 6.64. The molecular formula is C14H26O2. The maximum absolute atomic E-state index is 11.4. The van der Waals surface area contributed by atoms with Gasteiger partial charge in [0.15, 0.2) is 0 Å². The van der Waals surface area contributed by atoms with Crippen molar-refractivity contribution in [3.8, 4) is 0 Å². The predicted molar refractivity (Wildman–Crippen MR) is 68.4 cm³/mol. The van der Waals surface area contributed by atoms with Crippen LogP contribution in [0.15, 0.2) is 11.6 Å². The molecule has 94 valence electrons. The first-order valence-corrected chi connectivity index (χ1v) is 6.58. The Kier molecular flexibility index (Phi) is 10.2. The van der Waals surface area contributed by atoms with Gasteiger partial charge in [0.05, 0.1) is 6.61 Å². The fourth-order valence-corrected chi connectivity index (χ4v) is 1.61. The smallest absolute Gasteiger partial charge is 0.333 e. The fraction of sp³-hybridized carbons (Fsp3) is 0.786. The highest BCUT2D eigenvalue weighted by molar-refractivity contribution is 5.88. The molecule has 0 saturated carbocycles. The molecule has 0 saturated heterocycles. The van der Waals surface area contributed by atoms with E-state index >= 15 is 0 Å². The lowest BCUT2D eigenvalue weighted by Gasteiger charge is -2.06. The molecule has 0 aromatic carbocycles. The Morgan fingerprint density at radius 2 is 1.69 bits per heavy atom. The zero-order chi connectivity index (χ0) is 12.2. The summed E-state index contributed by atoms with van der Waals surface area (Å²) in [5.74, 6) is -0.140. The molecule has 0 bridgehead atoms. The number of unbranched alkanes of at least 4 members (excludes halogenated alkanes) is 5. The third-order valence-electron chi connectivity index (χ3n) is 2.72. The zero-order valence-corrected chi connectivity index (χ0v) is 11.1. The highest BCUT2D eigenvalue weighted by atomic mass is 16.5.